The van der Waals surface area contributed by atoms with Gasteiger partial charge >= 0.3 is 0 Å². The van der Waals surface area contributed by atoms with Gasteiger partial charge in [-0.25, -0.2) is 9.78 Å². The summed E-state index contributed by atoms with van der Waals surface area (Å²) in [5.41, 5.74) is 1.34. The lowest BCUT2D eigenvalue weighted by atomic mass is 10.2. The number of hydrogen-bond donors (Lipinski definition) is 1. The summed E-state index contributed by atoms with van der Waals surface area (Å²) in [5, 5.41) is 11.5. The monoisotopic (exact) mass is 264 g/mol. The summed E-state index contributed by atoms with van der Waals surface area (Å²) in [5.74, 6) is 0. The number of nitrogens with zero attached hydrogens (tertiary/aromatic N) is 1. The van der Waals surface area contributed by atoms with E-state index in [1.54, 1.807) is 6.07 Å². The maximum atomic E-state index is 10.7. The number of nitro benzene ring substituents is 1. The molecule has 0 fully saturated rings. The SMILES string of the molecule is CC(C)(C)OOCc1cc2cc([N+](=O)[O-])ccc2[nH]1. The van der Waals surface area contributed by atoms with Crippen molar-refractivity contribution in [3.05, 3.63) is 40.1 Å². The predicted octanol–water partition coefficient (Wildman–Crippen LogP) is 3.32. The molecule has 0 aliphatic heterocycles. The summed E-state index contributed by atoms with van der Waals surface area (Å²) in [7, 11) is 0. The Hall–Kier alpha value is -1.92. The summed E-state index contributed by atoms with van der Waals surface area (Å²) in [4.78, 5) is 23.7. The molecule has 0 saturated heterocycles. The molecule has 0 aliphatic rings. The molecule has 2 rings (SSSR count). The van der Waals surface area contributed by atoms with Crippen molar-refractivity contribution in [2.24, 2.45) is 0 Å². The molecule has 19 heavy (non-hydrogen) atoms. The van der Waals surface area contributed by atoms with Crippen LogP contribution in [0.4, 0.5) is 5.69 Å². The standard InChI is InChI=1S/C13H16N2O4/c1-13(2,3)19-18-8-10-6-9-7-11(15(16)17)4-5-12(9)14-10/h4-7,14H,8H2,1-3H3. The van der Waals surface area contributed by atoms with E-state index in [1.807, 2.05) is 26.8 Å². The lowest BCUT2D eigenvalue weighted by Crippen LogP contribution is -2.19. The smallest absolute Gasteiger partial charge is 0.270 e. The average Bonchev–Trinajstić information content (AvgIpc) is 2.68. The zero-order chi connectivity index (χ0) is 14.0. The lowest BCUT2D eigenvalue weighted by Gasteiger charge is -2.16. The number of aromatic nitrogens is 1. The van der Waals surface area contributed by atoms with Crippen LogP contribution in [0.1, 0.15) is 26.5 Å². The van der Waals surface area contributed by atoms with Gasteiger partial charge in [-0.2, -0.15) is 0 Å². The molecule has 102 valence electrons. The van der Waals surface area contributed by atoms with Crippen molar-refractivity contribution in [3.8, 4) is 0 Å². The summed E-state index contributed by atoms with van der Waals surface area (Å²) in [6, 6.07) is 6.49. The van der Waals surface area contributed by atoms with Crippen LogP contribution in [-0.2, 0) is 16.4 Å². The molecular weight excluding hydrogens is 248 g/mol. The van der Waals surface area contributed by atoms with Gasteiger partial charge in [-0.15, -0.1) is 0 Å². The highest BCUT2D eigenvalue weighted by Crippen LogP contribution is 2.22. The Kier molecular flexibility index (Phi) is 3.55. The van der Waals surface area contributed by atoms with E-state index in [4.69, 9.17) is 9.78 Å². The van der Waals surface area contributed by atoms with Gasteiger partial charge in [-0.1, -0.05) is 0 Å². The fourth-order valence-electron chi connectivity index (χ4n) is 1.64. The predicted molar refractivity (Wildman–Crippen MR) is 70.6 cm³/mol. The zero-order valence-corrected chi connectivity index (χ0v) is 11.1. The highest BCUT2D eigenvalue weighted by Gasteiger charge is 2.12. The molecule has 2 aromatic rings. The number of nitrogens with one attached hydrogen (secondary N) is 1. The number of fused-ring (bicyclic) bond motifs is 1. The van der Waals surface area contributed by atoms with Crippen molar-refractivity contribution in [2.75, 3.05) is 0 Å². The van der Waals surface area contributed by atoms with E-state index in [0.29, 0.717) is 0 Å². The fourth-order valence-corrected chi connectivity index (χ4v) is 1.64. The molecule has 1 heterocycles. The van der Waals surface area contributed by atoms with Crippen molar-refractivity contribution in [1.29, 1.82) is 0 Å². The molecular formula is C13H16N2O4. The Balaban J connectivity index is 2.11. The third-order valence-corrected chi connectivity index (χ3v) is 2.39. The van der Waals surface area contributed by atoms with Crippen molar-refractivity contribution >= 4 is 16.6 Å². The van der Waals surface area contributed by atoms with Gasteiger partial charge in [-0.05, 0) is 32.9 Å². The van der Waals surface area contributed by atoms with Gasteiger partial charge in [0, 0.05) is 28.7 Å². The van der Waals surface area contributed by atoms with E-state index >= 15 is 0 Å². The third-order valence-electron chi connectivity index (χ3n) is 2.39. The van der Waals surface area contributed by atoms with Crippen LogP contribution in [0.5, 0.6) is 0 Å². The minimum atomic E-state index is -0.411. The minimum Gasteiger partial charge on any atom is -0.356 e. The second-order valence-electron chi connectivity index (χ2n) is 5.28. The molecule has 1 N–H and O–H groups in total. The Morgan fingerprint density at radius 3 is 2.68 bits per heavy atom. The van der Waals surface area contributed by atoms with Crippen LogP contribution in [0.15, 0.2) is 24.3 Å². The first-order valence-corrected chi connectivity index (χ1v) is 5.92. The molecule has 1 aromatic carbocycles. The van der Waals surface area contributed by atoms with Crippen LogP contribution in [0.25, 0.3) is 10.9 Å². The van der Waals surface area contributed by atoms with Crippen molar-refractivity contribution in [2.45, 2.75) is 33.0 Å². The van der Waals surface area contributed by atoms with E-state index in [0.717, 1.165) is 16.6 Å². The van der Waals surface area contributed by atoms with Crippen LogP contribution in [0, 0.1) is 10.1 Å². The highest BCUT2D eigenvalue weighted by atomic mass is 17.2. The van der Waals surface area contributed by atoms with Crippen molar-refractivity contribution < 1.29 is 14.7 Å². The number of nitro groups is 1. The Labute approximate surface area is 110 Å². The largest absolute Gasteiger partial charge is 0.356 e. The number of aromatic amines is 1. The molecule has 0 aliphatic carbocycles. The molecule has 1 aromatic heterocycles. The van der Waals surface area contributed by atoms with Gasteiger partial charge in [0.25, 0.3) is 5.69 Å². The van der Waals surface area contributed by atoms with Gasteiger partial charge in [0.2, 0.25) is 0 Å². The van der Waals surface area contributed by atoms with E-state index in [2.05, 4.69) is 4.98 Å². The summed E-state index contributed by atoms with van der Waals surface area (Å²) >= 11 is 0. The molecule has 0 atom stereocenters. The molecule has 6 nitrogen and oxygen atoms in total. The van der Waals surface area contributed by atoms with E-state index < -0.39 is 4.92 Å². The summed E-state index contributed by atoms with van der Waals surface area (Å²) < 4.78 is 0. The maximum Gasteiger partial charge on any atom is 0.270 e. The summed E-state index contributed by atoms with van der Waals surface area (Å²) in [6.45, 7) is 5.93. The van der Waals surface area contributed by atoms with E-state index in [9.17, 15) is 10.1 Å². The Morgan fingerprint density at radius 1 is 1.32 bits per heavy atom. The van der Waals surface area contributed by atoms with Gasteiger partial charge in [0.05, 0.1) is 10.5 Å². The van der Waals surface area contributed by atoms with Crippen LogP contribution < -0.4 is 0 Å². The Bertz CT molecular complexity index is 598. The van der Waals surface area contributed by atoms with Crippen LogP contribution >= 0.6 is 0 Å². The summed E-state index contributed by atoms with van der Waals surface area (Å²) in [6.07, 6.45) is 0. The first-order valence-electron chi connectivity index (χ1n) is 5.92. The van der Waals surface area contributed by atoms with Gasteiger partial charge in [-0.3, -0.25) is 10.1 Å². The second kappa shape index (κ2) is 4.99. The van der Waals surface area contributed by atoms with E-state index in [1.165, 1.54) is 12.1 Å². The lowest BCUT2D eigenvalue weighted by molar-refractivity contribution is -0.384. The number of benzene rings is 1. The average molecular weight is 264 g/mol. The number of rotatable bonds is 4. The molecule has 0 bridgehead atoms. The van der Waals surface area contributed by atoms with Gasteiger partial charge in [0.1, 0.15) is 6.61 Å². The zero-order valence-electron chi connectivity index (χ0n) is 11.1. The Morgan fingerprint density at radius 2 is 2.05 bits per heavy atom. The number of non-ortho nitro benzene ring substituents is 1. The van der Waals surface area contributed by atoms with E-state index in [-0.39, 0.29) is 17.9 Å². The third kappa shape index (κ3) is 3.52. The first-order chi connectivity index (χ1) is 8.85. The topological polar surface area (TPSA) is 77.4 Å². The van der Waals surface area contributed by atoms with Gasteiger partial charge < -0.3 is 4.98 Å². The van der Waals surface area contributed by atoms with Crippen molar-refractivity contribution in [1.82, 2.24) is 4.98 Å². The molecule has 0 radical (unpaired) electrons. The number of hydrogen-bond acceptors (Lipinski definition) is 4. The maximum absolute atomic E-state index is 10.7. The highest BCUT2D eigenvalue weighted by molar-refractivity contribution is 5.82. The van der Waals surface area contributed by atoms with Crippen LogP contribution in [-0.4, -0.2) is 15.5 Å². The van der Waals surface area contributed by atoms with Gasteiger partial charge in [0.15, 0.2) is 0 Å². The first kappa shape index (κ1) is 13.5. The molecule has 0 amide bonds. The van der Waals surface area contributed by atoms with Crippen LogP contribution in [0.3, 0.4) is 0 Å². The van der Waals surface area contributed by atoms with Crippen molar-refractivity contribution in [3.63, 3.8) is 0 Å². The fraction of sp³-hybridized carbons (Fsp3) is 0.385. The number of H-pyrrole nitrogens is 1. The molecule has 0 saturated carbocycles. The van der Waals surface area contributed by atoms with Crippen LogP contribution in [0.2, 0.25) is 0 Å². The molecule has 0 spiro atoms. The minimum absolute atomic E-state index is 0.0740. The second-order valence-corrected chi connectivity index (χ2v) is 5.28. The normalized spacial score (nSPS) is 11.9. The molecule has 6 heteroatoms. The quantitative estimate of drug-likeness (QED) is 0.522. The molecule has 0 unspecified atom stereocenters.